The van der Waals surface area contributed by atoms with Crippen LogP contribution in [0.15, 0.2) is 47.6 Å². The second-order valence-electron chi connectivity index (χ2n) is 8.26. The Hall–Kier alpha value is -3.07. The van der Waals surface area contributed by atoms with Crippen LogP contribution in [-0.4, -0.2) is 42.1 Å². The van der Waals surface area contributed by atoms with Crippen LogP contribution in [-0.2, 0) is 23.4 Å². The van der Waals surface area contributed by atoms with Crippen LogP contribution in [0.2, 0.25) is 0 Å². The highest BCUT2D eigenvalue weighted by Gasteiger charge is 2.52. The van der Waals surface area contributed by atoms with Gasteiger partial charge in [0.05, 0.1) is 27.1 Å². The van der Waals surface area contributed by atoms with E-state index in [4.69, 9.17) is 9.47 Å². The Bertz CT molecular complexity index is 1040. The number of hydrogen-bond acceptors (Lipinski definition) is 5. The van der Waals surface area contributed by atoms with E-state index >= 15 is 0 Å². The zero-order chi connectivity index (χ0) is 24.9. The van der Waals surface area contributed by atoms with Gasteiger partial charge in [-0.3, -0.25) is 4.79 Å². The van der Waals surface area contributed by atoms with E-state index in [1.165, 1.54) is 14.2 Å². The zero-order valence-electron chi connectivity index (χ0n) is 19.5. The summed E-state index contributed by atoms with van der Waals surface area (Å²) in [5.41, 5.74) is -1.77. The van der Waals surface area contributed by atoms with Crippen molar-refractivity contribution in [3.05, 3.63) is 59.2 Å². The van der Waals surface area contributed by atoms with E-state index in [0.717, 1.165) is 31.2 Å². The lowest BCUT2D eigenvalue weighted by Crippen LogP contribution is -2.44. The second-order valence-corrected chi connectivity index (χ2v) is 8.26. The Kier molecular flexibility index (Phi) is 7.86. The number of alkyl halides is 3. The molecule has 0 saturated heterocycles. The molecule has 0 radical (unpaired) electrons. The third kappa shape index (κ3) is 5.52. The largest absolute Gasteiger partial charge is 0.493 e. The van der Waals surface area contributed by atoms with Crippen molar-refractivity contribution in [3.8, 4) is 11.5 Å². The molecule has 1 aliphatic rings. The van der Waals surface area contributed by atoms with E-state index in [1.54, 1.807) is 42.5 Å². The number of methoxy groups -OCH3 is 2. The molecule has 2 aromatic rings. The summed E-state index contributed by atoms with van der Waals surface area (Å²) in [5, 5.41) is 15.4. The van der Waals surface area contributed by atoms with Gasteiger partial charge in [-0.15, -0.1) is 0 Å². The van der Waals surface area contributed by atoms with Crippen molar-refractivity contribution < 1.29 is 32.5 Å². The maximum absolute atomic E-state index is 13.5. The van der Waals surface area contributed by atoms with Gasteiger partial charge in [0.15, 0.2) is 17.2 Å². The van der Waals surface area contributed by atoms with Gasteiger partial charge < -0.3 is 14.6 Å². The number of rotatable bonds is 9. The van der Waals surface area contributed by atoms with Gasteiger partial charge in [0.25, 0.3) is 0 Å². The molecule has 1 heterocycles. The van der Waals surface area contributed by atoms with E-state index in [-0.39, 0.29) is 12.0 Å². The summed E-state index contributed by atoms with van der Waals surface area (Å²) in [6.45, 7) is 2.10. The van der Waals surface area contributed by atoms with Crippen molar-refractivity contribution in [2.24, 2.45) is 5.10 Å². The van der Waals surface area contributed by atoms with E-state index in [9.17, 15) is 23.1 Å². The number of carbonyl (C=O) groups excluding carboxylic acids is 1. The molecule has 1 amide bonds. The zero-order valence-corrected chi connectivity index (χ0v) is 19.5. The Morgan fingerprint density at radius 2 is 1.71 bits per heavy atom. The molecule has 1 N–H and O–H groups in total. The fourth-order valence-corrected chi connectivity index (χ4v) is 3.95. The number of aryl methyl sites for hydroxylation is 1. The average molecular weight is 479 g/mol. The molecule has 3 rings (SSSR count). The summed E-state index contributed by atoms with van der Waals surface area (Å²) in [5.74, 6) is 0.0522. The fraction of sp³-hybridized carbons (Fsp3) is 0.440. The quantitative estimate of drug-likeness (QED) is 0.517. The lowest BCUT2D eigenvalue weighted by Gasteiger charge is -2.31. The lowest BCUT2D eigenvalue weighted by molar-refractivity contribution is -0.157. The molecule has 0 unspecified atom stereocenters. The highest BCUT2D eigenvalue weighted by atomic mass is 19.4. The van der Waals surface area contributed by atoms with Gasteiger partial charge in [-0.05, 0) is 36.1 Å². The standard InChI is InChI=1S/C25H29F3N2O4/c1-4-5-6-7-17-8-11-19(12-9-17)24(32)16-22(25(26,27)28)29-30(24)23(31)15-18-10-13-20(33-2)21(14-18)34-3/h8-14,32H,4-7,15-16H2,1-3H3/t24-/m1/s1. The third-order valence-electron chi connectivity index (χ3n) is 5.84. The summed E-state index contributed by atoms with van der Waals surface area (Å²) in [6, 6.07) is 11.4. The highest BCUT2D eigenvalue weighted by Crippen LogP contribution is 2.40. The first-order valence-electron chi connectivity index (χ1n) is 11.1. The second kappa shape index (κ2) is 10.5. The van der Waals surface area contributed by atoms with Crippen LogP contribution in [0, 0.1) is 0 Å². The Morgan fingerprint density at radius 3 is 2.29 bits per heavy atom. The molecule has 1 atom stereocenters. The number of nitrogens with zero attached hydrogens (tertiary/aromatic N) is 2. The van der Waals surface area contributed by atoms with Gasteiger partial charge >= 0.3 is 6.18 Å². The molecule has 0 aromatic heterocycles. The van der Waals surface area contributed by atoms with Gasteiger partial charge in [0.2, 0.25) is 5.91 Å². The molecular weight excluding hydrogens is 449 g/mol. The fourth-order valence-electron chi connectivity index (χ4n) is 3.95. The molecule has 0 fully saturated rings. The van der Waals surface area contributed by atoms with Gasteiger partial charge in [-0.2, -0.15) is 23.3 Å². The monoisotopic (exact) mass is 478 g/mol. The van der Waals surface area contributed by atoms with Crippen LogP contribution in [0.3, 0.4) is 0 Å². The average Bonchev–Trinajstić information content (AvgIpc) is 3.19. The first-order chi connectivity index (χ1) is 16.1. The molecule has 1 aliphatic heterocycles. The van der Waals surface area contributed by atoms with E-state index in [0.29, 0.717) is 22.1 Å². The Balaban J connectivity index is 1.88. The van der Waals surface area contributed by atoms with Crippen LogP contribution in [0.4, 0.5) is 13.2 Å². The summed E-state index contributed by atoms with van der Waals surface area (Å²) < 4.78 is 50.9. The number of benzene rings is 2. The smallest absolute Gasteiger partial charge is 0.431 e. The number of carbonyl (C=O) groups is 1. The van der Waals surface area contributed by atoms with Crippen LogP contribution in [0.25, 0.3) is 0 Å². The number of hydrazone groups is 1. The number of aliphatic hydroxyl groups is 1. The van der Waals surface area contributed by atoms with Crippen LogP contribution >= 0.6 is 0 Å². The number of ether oxygens (including phenoxy) is 2. The molecule has 184 valence electrons. The molecule has 9 heteroatoms. The molecule has 34 heavy (non-hydrogen) atoms. The topological polar surface area (TPSA) is 71.4 Å². The summed E-state index contributed by atoms with van der Waals surface area (Å²) in [6.07, 6.45) is -1.92. The van der Waals surface area contributed by atoms with Crippen molar-refractivity contribution in [3.63, 3.8) is 0 Å². The van der Waals surface area contributed by atoms with Crippen molar-refractivity contribution in [1.29, 1.82) is 0 Å². The van der Waals surface area contributed by atoms with Crippen molar-refractivity contribution in [2.75, 3.05) is 14.2 Å². The molecule has 0 aliphatic carbocycles. The summed E-state index contributed by atoms with van der Waals surface area (Å²) in [7, 11) is 2.91. The minimum Gasteiger partial charge on any atom is -0.493 e. The number of unbranched alkanes of at least 4 members (excludes halogenated alkanes) is 2. The Labute approximate surface area is 197 Å². The maximum Gasteiger partial charge on any atom is 0.431 e. The predicted octanol–water partition coefficient (Wildman–Crippen LogP) is 4.97. The van der Waals surface area contributed by atoms with Crippen LogP contribution in [0.5, 0.6) is 11.5 Å². The molecular formula is C25H29F3N2O4. The van der Waals surface area contributed by atoms with Crippen LogP contribution in [0.1, 0.15) is 49.3 Å². The SMILES string of the molecule is CCCCCc1ccc([C@]2(O)CC(C(F)(F)F)=NN2C(=O)Cc2ccc(OC)c(OC)c2)cc1. The summed E-state index contributed by atoms with van der Waals surface area (Å²) >= 11 is 0. The minimum absolute atomic E-state index is 0.176. The molecule has 2 aromatic carbocycles. The van der Waals surface area contributed by atoms with Crippen LogP contribution < -0.4 is 9.47 Å². The van der Waals surface area contributed by atoms with E-state index in [1.807, 2.05) is 0 Å². The van der Waals surface area contributed by atoms with E-state index < -0.39 is 29.9 Å². The number of amides is 1. The first-order valence-corrected chi connectivity index (χ1v) is 11.1. The number of halogens is 3. The van der Waals surface area contributed by atoms with Gasteiger partial charge in [-0.25, -0.2) is 0 Å². The van der Waals surface area contributed by atoms with Crippen molar-refractivity contribution >= 4 is 11.6 Å². The molecule has 0 saturated carbocycles. The van der Waals surface area contributed by atoms with Gasteiger partial charge in [-0.1, -0.05) is 50.1 Å². The van der Waals surface area contributed by atoms with Gasteiger partial charge in [0, 0.05) is 5.56 Å². The summed E-state index contributed by atoms with van der Waals surface area (Å²) in [4.78, 5) is 13.1. The Morgan fingerprint density at radius 1 is 1.06 bits per heavy atom. The highest BCUT2D eigenvalue weighted by molar-refractivity contribution is 5.95. The third-order valence-corrected chi connectivity index (χ3v) is 5.84. The molecule has 0 spiro atoms. The number of hydrogen-bond donors (Lipinski definition) is 1. The normalized spacial score (nSPS) is 18.1. The predicted molar refractivity (Wildman–Crippen MR) is 122 cm³/mol. The first kappa shape index (κ1) is 25.6. The van der Waals surface area contributed by atoms with Gasteiger partial charge in [0.1, 0.15) is 5.71 Å². The molecule has 6 nitrogen and oxygen atoms in total. The van der Waals surface area contributed by atoms with Crippen molar-refractivity contribution in [2.45, 2.75) is 57.3 Å². The maximum atomic E-state index is 13.5. The molecule has 0 bridgehead atoms. The van der Waals surface area contributed by atoms with E-state index in [2.05, 4.69) is 12.0 Å². The lowest BCUT2D eigenvalue weighted by atomic mass is 9.94. The minimum atomic E-state index is -4.77. The van der Waals surface area contributed by atoms with Crippen molar-refractivity contribution in [1.82, 2.24) is 5.01 Å².